The van der Waals surface area contributed by atoms with E-state index in [4.69, 9.17) is 5.11 Å². The molecule has 0 aliphatic heterocycles. The van der Waals surface area contributed by atoms with Crippen molar-refractivity contribution in [1.29, 1.82) is 0 Å². The molecule has 1 aromatic rings. The first-order valence-corrected chi connectivity index (χ1v) is 5.03. The van der Waals surface area contributed by atoms with Crippen LogP contribution in [0.25, 0.3) is 0 Å². The predicted octanol–water partition coefficient (Wildman–Crippen LogP) is 3.12. The van der Waals surface area contributed by atoms with Gasteiger partial charge in [0.05, 0.1) is 6.04 Å². The zero-order chi connectivity index (χ0) is 10.7. The molecule has 1 aromatic carbocycles. The molecule has 1 atom stereocenters. The maximum atomic E-state index is 10.7. The summed E-state index contributed by atoms with van der Waals surface area (Å²) >= 11 is 3.33. The summed E-state index contributed by atoms with van der Waals surface area (Å²) in [5, 5.41) is 8.78. The Labute approximate surface area is 91.5 Å². The normalized spacial score (nSPS) is 12.2. The van der Waals surface area contributed by atoms with Gasteiger partial charge in [0.1, 0.15) is 0 Å². The number of halogens is 1. The number of nitrogens with zero attached hydrogens (tertiary/aromatic N) is 1. The van der Waals surface area contributed by atoms with Crippen LogP contribution in [0, 0.1) is 0 Å². The highest BCUT2D eigenvalue weighted by Gasteiger charge is 2.15. The zero-order valence-corrected chi connectivity index (χ0v) is 9.65. The molecule has 0 saturated heterocycles. The van der Waals surface area contributed by atoms with E-state index >= 15 is 0 Å². The van der Waals surface area contributed by atoms with Crippen molar-refractivity contribution in [3.63, 3.8) is 0 Å². The molecule has 14 heavy (non-hydrogen) atoms. The van der Waals surface area contributed by atoms with Crippen LogP contribution in [0.5, 0.6) is 0 Å². The lowest BCUT2D eigenvalue weighted by Gasteiger charge is -2.22. The standard InChI is InChI=1S/C10H12BrNO2/c1-7(12(2)10(13)14)8-3-5-9(11)6-4-8/h3-7H,1-2H3,(H,13,14). The first-order valence-electron chi connectivity index (χ1n) is 4.23. The van der Waals surface area contributed by atoms with Crippen LogP contribution in [0.15, 0.2) is 28.7 Å². The molecule has 1 amide bonds. The van der Waals surface area contributed by atoms with E-state index < -0.39 is 6.09 Å². The maximum Gasteiger partial charge on any atom is 0.407 e. The summed E-state index contributed by atoms with van der Waals surface area (Å²) in [6, 6.07) is 7.51. The van der Waals surface area contributed by atoms with Crippen molar-refractivity contribution in [2.24, 2.45) is 0 Å². The van der Waals surface area contributed by atoms with Gasteiger partial charge in [0.25, 0.3) is 0 Å². The van der Waals surface area contributed by atoms with Gasteiger partial charge in [-0.2, -0.15) is 0 Å². The molecular weight excluding hydrogens is 246 g/mol. The summed E-state index contributed by atoms with van der Waals surface area (Å²) < 4.78 is 0.992. The largest absolute Gasteiger partial charge is 0.465 e. The molecule has 0 aliphatic carbocycles. The lowest BCUT2D eigenvalue weighted by Crippen LogP contribution is -2.27. The molecule has 1 unspecified atom stereocenters. The molecule has 3 nitrogen and oxygen atoms in total. The molecule has 1 N–H and O–H groups in total. The van der Waals surface area contributed by atoms with Crippen molar-refractivity contribution in [3.8, 4) is 0 Å². The summed E-state index contributed by atoms with van der Waals surface area (Å²) in [6.07, 6.45) is -0.916. The van der Waals surface area contributed by atoms with Crippen LogP contribution >= 0.6 is 15.9 Å². The second-order valence-corrected chi connectivity index (χ2v) is 4.04. The van der Waals surface area contributed by atoms with Crippen molar-refractivity contribution in [2.75, 3.05) is 7.05 Å². The molecule has 0 bridgehead atoms. The van der Waals surface area contributed by atoms with E-state index in [9.17, 15) is 4.79 Å². The molecular formula is C10H12BrNO2. The Morgan fingerprint density at radius 2 is 1.93 bits per heavy atom. The Balaban J connectivity index is 2.84. The van der Waals surface area contributed by atoms with Gasteiger partial charge >= 0.3 is 6.09 Å². The predicted molar refractivity (Wildman–Crippen MR) is 58.3 cm³/mol. The van der Waals surface area contributed by atoms with Crippen LogP contribution in [-0.2, 0) is 0 Å². The van der Waals surface area contributed by atoms with E-state index in [0.717, 1.165) is 10.0 Å². The zero-order valence-electron chi connectivity index (χ0n) is 8.07. The lowest BCUT2D eigenvalue weighted by molar-refractivity contribution is 0.142. The number of amides is 1. The molecule has 0 heterocycles. The van der Waals surface area contributed by atoms with Gasteiger partial charge in [-0.15, -0.1) is 0 Å². The minimum Gasteiger partial charge on any atom is -0.465 e. The van der Waals surface area contributed by atoms with E-state index in [2.05, 4.69) is 15.9 Å². The quantitative estimate of drug-likeness (QED) is 0.885. The lowest BCUT2D eigenvalue weighted by atomic mass is 10.1. The van der Waals surface area contributed by atoms with Crippen LogP contribution < -0.4 is 0 Å². The maximum absolute atomic E-state index is 10.7. The summed E-state index contributed by atoms with van der Waals surface area (Å²) in [5.41, 5.74) is 0.984. The smallest absolute Gasteiger partial charge is 0.407 e. The third kappa shape index (κ3) is 2.48. The Bertz CT molecular complexity index is 323. The van der Waals surface area contributed by atoms with Gasteiger partial charge in [-0.05, 0) is 24.6 Å². The molecule has 0 saturated carbocycles. The number of hydrogen-bond acceptors (Lipinski definition) is 1. The topological polar surface area (TPSA) is 40.5 Å². The molecule has 0 aliphatic rings. The number of hydrogen-bond donors (Lipinski definition) is 1. The van der Waals surface area contributed by atoms with Crippen molar-refractivity contribution < 1.29 is 9.90 Å². The van der Waals surface area contributed by atoms with Gasteiger partial charge < -0.3 is 10.0 Å². The molecule has 4 heteroatoms. The second-order valence-electron chi connectivity index (χ2n) is 3.12. The Kier molecular flexibility index (Phi) is 3.52. The summed E-state index contributed by atoms with van der Waals surface area (Å²) in [5.74, 6) is 0. The van der Waals surface area contributed by atoms with Gasteiger partial charge in [0.15, 0.2) is 0 Å². The van der Waals surface area contributed by atoms with Gasteiger partial charge in [-0.25, -0.2) is 4.79 Å². The van der Waals surface area contributed by atoms with Crippen LogP contribution in [-0.4, -0.2) is 23.1 Å². The highest BCUT2D eigenvalue weighted by atomic mass is 79.9. The van der Waals surface area contributed by atoms with Gasteiger partial charge in [0.2, 0.25) is 0 Å². The van der Waals surface area contributed by atoms with E-state index in [1.807, 2.05) is 31.2 Å². The Hall–Kier alpha value is -1.03. The van der Waals surface area contributed by atoms with E-state index in [1.54, 1.807) is 7.05 Å². The fourth-order valence-electron chi connectivity index (χ4n) is 1.13. The number of rotatable bonds is 2. The minimum atomic E-state index is -0.916. The Morgan fingerprint density at radius 3 is 2.36 bits per heavy atom. The van der Waals surface area contributed by atoms with Crippen LogP contribution in [0.3, 0.4) is 0 Å². The molecule has 0 radical (unpaired) electrons. The third-order valence-corrected chi connectivity index (χ3v) is 2.76. The van der Waals surface area contributed by atoms with Crippen molar-refractivity contribution in [2.45, 2.75) is 13.0 Å². The second kappa shape index (κ2) is 4.46. The van der Waals surface area contributed by atoms with Crippen LogP contribution in [0.1, 0.15) is 18.5 Å². The number of carboxylic acid groups (broad SMARTS) is 1. The summed E-state index contributed by atoms with van der Waals surface area (Å²) in [4.78, 5) is 12.0. The van der Waals surface area contributed by atoms with Crippen LogP contribution in [0.2, 0.25) is 0 Å². The van der Waals surface area contributed by atoms with E-state index in [0.29, 0.717) is 0 Å². The molecule has 0 fully saturated rings. The highest BCUT2D eigenvalue weighted by molar-refractivity contribution is 9.10. The van der Waals surface area contributed by atoms with Crippen molar-refractivity contribution in [3.05, 3.63) is 34.3 Å². The highest BCUT2D eigenvalue weighted by Crippen LogP contribution is 2.20. The molecule has 0 spiro atoms. The minimum absolute atomic E-state index is 0.124. The van der Waals surface area contributed by atoms with Gasteiger partial charge in [0, 0.05) is 11.5 Å². The fourth-order valence-corrected chi connectivity index (χ4v) is 1.39. The number of carbonyl (C=O) groups is 1. The first kappa shape index (κ1) is 11.0. The first-order chi connectivity index (χ1) is 6.52. The van der Waals surface area contributed by atoms with E-state index in [1.165, 1.54) is 4.90 Å². The summed E-state index contributed by atoms with van der Waals surface area (Å²) in [7, 11) is 1.56. The third-order valence-electron chi connectivity index (χ3n) is 2.24. The Morgan fingerprint density at radius 1 is 1.43 bits per heavy atom. The van der Waals surface area contributed by atoms with Crippen molar-refractivity contribution in [1.82, 2.24) is 4.90 Å². The molecule has 0 aromatic heterocycles. The van der Waals surface area contributed by atoms with Crippen molar-refractivity contribution >= 4 is 22.0 Å². The SMILES string of the molecule is CC(c1ccc(Br)cc1)N(C)C(=O)O. The summed E-state index contributed by atoms with van der Waals surface area (Å²) in [6.45, 7) is 1.86. The number of benzene rings is 1. The van der Waals surface area contributed by atoms with E-state index in [-0.39, 0.29) is 6.04 Å². The van der Waals surface area contributed by atoms with Gasteiger partial charge in [-0.3, -0.25) is 0 Å². The van der Waals surface area contributed by atoms with Gasteiger partial charge in [-0.1, -0.05) is 28.1 Å². The molecule has 76 valence electrons. The average molecular weight is 258 g/mol. The monoisotopic (exact) mass is 257 g/mol. The molecule has 1 rings (SSSR count). The fraction of sp³-hybridized carbons (Fsp3) is 0.300. The average Bonchev–Trinajstić information content (AvgIpc) is 2.16. The van der Waals surface area contributed by atoms with Crippen LogP contribution in [0.4, 0.5) is 4.79 Å².